The molecule has 0 radical (unpaired) electrons. The number of hydrogen-bond acceptors (Lipinski definition) is 3. The number of alkyl halides is 1. The van der Waals surface area contributed by atoms with Crippen LogP contribution in [0.5, 0.6) is 0 Å². The van der Waals surface area contributed by atoms with Crippen LogP contribution in [0.3, 0.4) is 0 Å². The van der Waals surface area contributed by atoms with Gasteiger partial charge in [-0.25, -0.2) is 0 Å². The zero-order valence-electron chi connectivity index (χ0n) is 8.06. The minimum atomic E-state index is -0.516. The fourth-order valence-electron chi connectivity index (χ4n) is 1.18. The predicted octanol–water partition coefficient (Wildman–Crippen LogP) is 1.78. The third kappa shape index (κ3) is 3.36. The molecule has 5 nitrogen and oxygen atoms in total. The van der Waals surface area contributed by atoms with E-state index in [-0.39, 0.29) is 11.2 Å². The van der Waals surface area contributed by atoms with E-state index < -0.39 is 4.92 Å². The lowest BCUT2D eigenvalue weighted by molar-refractivity contribution is -0.385. The van der Waals surface area contributed by atoms with Crippen molar-refractivity contribution in [2.45, 2.75) is 19.4 Å². The standard InChI is InChI=1S/C9H11ClN2O3/c10-5-1-2-6-11-7-8(12(14)15)3-4-9(11)13/h3-4,7H,1-2,5-6H2. The molecule has 0 bridgehead atoms. The maximum Gasteiger partial charge on any atom is 0.285 e. The second-order valence-electron chi connectivity index (χ2n) is 3.07. The molecule has 0 aliphatic heterocycles. The lowest BCUT2D eigenvalue weighted by atomic mass is 10.3. The Kier molecular flexibility index (Phi) is 4.30. The molecule has 1 aromatic rings. The number of rotatable bonds is 5. The van der Waals surface area contributed by atoms with E-state index in [4.69, 9.17) is 11.6 Å². The summed E-state index contributed by atoms with van der Waals surface area (Å²) in [6.07, 6.45) is 2.79. The Labute approximate surface area is 91.4 Å². The Morgan fingerprint density at radius 2 is 2.13 bits per heavy atom. The van der Waals surface area contributed by atoms with Gasteiger partial charge in [0.05, 0.1) is 11.1 Å². The Morgan fingerprint density at radius 1 is 1.40 bits per heavy atom. The van der Waals surface area contributed by atoms with Crippen LogP contribution in [0.1, 0.15) is 12.8 Å². The Bertz CT molecular complexity index is 403. The zero-order valence-corrected chi connectivity index (χ0v) is 8.81. The first-order chi connectivity index (χ1) is 7.15. The monoisotopic (exact) mass is 230 g/mol. The van der Waals surface area contributed by atoms with Crippen molar-refractivity contribution in [3.05, 3.63) is 38.8 Å². The first kappa shape index (κ1) is 11.7. The SMILES string of the molecule is O=c1ccc([N+](=O)[O-])cn1CCCCCl. The molecule has 0 unspecified atom stereocenters. The van der Waals surface area contributed by atoms with Crippen molar-refractivity contribution in [3.8, 4) is 0 Å². The van der Waals surface area contributed by atoms with Crippen molar-refractivity contribution in [2.75, 3.05) is 5.88 Å². The maximum atomic E-state index is 11.3. The number of hydrogen-bond donors (Lipinski definition) is 0. The van der Waals surface area contributed by atoms with Crippen molar-refractivity contribution in [2.24, 2.45) is 0 Å². The largest absolute Gasteiger partial charge is 0.309 e. The Morgan fingerprint density at radius 3 is 2.73 bits per heavy atom. The quantitative estimate of drug-likeness (QED) is 0.335. The summed E-state index contributed by atoms with van der Waals surface area (Å²) in [5.74, 6) is 0.531. The highest BCUT2D eigenvalue weighted by Gasteiger charge is 2.06. The van der Waals surface area contributed by atoms with E-state index in [9.17, 15) is 14.9 Å². The molecule has 0 N–H and O–H groups in total. The Balaban J connectivity index is 2.81. The van der Waals surface area contributed by atoms with Crippen molar-refractivity contribution in [1.29, 1.82) is 0 Å². The summed E-state index contributed by atoms with van der Waals surface area (Å²) in [5.41, 5.74) is -0.296. The molecule has 0 atom stereocenters. The first-order valence-corrected chi connectivity index (χ1v) is 5.09. The average Bonchev–Trinajstić information content (AvgIpc) is 2.20. The van der Waals surface area contributed by atoms with Crippen LogP contribution in [0.25, 0.3) is 0 Å². The number of unbranched alkanes of at least 4 members (excludes halogenated alkanes) is 1. The first-order valence-electron chi connectivity index (χ1n) is 4.56. The van der Waals surface area contributed by atoms with Crippen LogP contribution in [0.4, 0.5) is 5.69 Å². The van der Waals surface area contributed by atoms with E-state index in [1.54, 1.807) is 0 Å². The van der Waals surface area contributed by atoms with Crippen LogP contribution in [-0.4, -0.2) is 15.4 Å². The fourth-order valence-corrected chi connectivity index (χ4v) is 1.37. The van der Waals surface area contributed by atoms with Gasteiger partial charge in [0.25, 0.3) is 11.2 Å². The normalized spacial score (nSPS) is 10.2. The molecule has 0 aromatic carbocycles. The van der Waals surface area contributed by atoms with Crippen LogP contribution >= 0.6 is 11.6 Å². The summed E-state index contributed by atoms with van der Waals surface area (Å²) in [6, 6.07) is 2.42. The third-order valence-electron chi connectivity index (χ3n) is 1.96. The van der Waals surface area contributed by atoms with Gasteiger partial charge in [0.15, 0.2) is 0 Å². The molecule has 0 spiro atoms. The summed E-state index contributed by atoms with van der Waals surface area (Å²) in [4.78, 5) is 21.2. The smallest absolute Gasteiger partial charge is 0.285 e. The minimum absolute atomic E-state index is 0.0690. The summed E-state index contributed by atoms with van der Waals surface area (Å²) in [7, 11) is 0. The van der Waals surface area contributed by atoms with Crippen LogP contribution in [0.2, 0.25) is 0 Å². The van der Waals surface area contributed by atoms with Crippen molar-refractivity contribution in [3.63, 3.8) is 0 Å². The van der Waals surface area contributed by atoms with Crippen LogP contribution in [-0.2, 0) is 6.54 Å². The van der Waals surface area contributed by atoms with Gasteiger partial charge in [-0.2, -0.15) is 0 Å². The molecule has 0 amide bonds. The minimum Gasteiger partial charge on any atom is -0.309 e. The molecule has 0 saturated carbocycles. The molecule has 0 saturated heterocycles. The molecule has 82 valence electrons. The van der Waals surface area contributed by atoms with Gasteiger partial charge < -0.3 is 4.57 Å². The number of nitrogens with zero attached hydrogens (tertiary/aromatic N) is 2. The van der Waals surface area contributed by atoms with Crippen LogP contribution < -0.4 is 5.56 Å². The number of aryl methyl sites for hydroxylation is 1. The van der Waals surface area contributed by atoms with E-state index in [2.05, 4.69) is 0 Å². The maximum absolute atomic E-state index is 11.3. The van der Waals surface area contributed by atoms with Crippen LogP contribution in [0, 0.1) is 10.1 Å². The van der Waals surface area contributed by atoms with Gasteiger partial charge in [0, 0.05) is 24.6 Å². The Hall–Kier alpha value is -1.36. The van der Waals surface area contributed by atoms with E-state index in [0.29, 0.717) is 12.4 Å². The second kappa shape index (κ2) is 5.50. The molecule has 15 heavy (non-hydrogen) atoms. The number of aromatic nitrogens is 1. The molecule has 0 fully saturated rings. The van der Waals surface area contributed by atoms with Crippen molar-refractivity contribution in [1.82, 2.24) is 4.57 Å². The van der Waals surface area contributed by atoms with Crippen molar-refractivity contribution >= 4 is 17.3 Å². The predicted molar refractivity (Wildman–Crippen MR) is 57.3 cm³/mol. The number of nitro groups is 1. The van der Waals surface area contributed by atoms with Crippen LogP contribution in [0.15, 0.2) is 23.1 Å². The third-order valence-corrected chi connectivity index (χ3v) is 2.23. The average molecular weight is 231 g/mol. The molecule has 1 heterocycles. The van der Waals surface area contributed by atoms with Gasteiger partial charge in [-0.3, -0.25) is 14.9 Å². The highest BCUT2D eigenvalue weighted by atomic mass is 35.5. The van der Waals surface area contributed by atoms with Gasteiger partial charge in [0.2, 0.25) is 0 Å². The number of pyridine rings is 1. The van der Waals surface area contributed by atoms with Gasteiger partial charge in [0.1, 0.15) is 0 Å². The molecule has 0 aliphatic carbocycles. The molecular weight excluding hydrogens is 220 g/mol. The van der Waals surface area contributed by atoms with E-state index >= 15 is 0 Å². The molecular formula is C9H11ClN2O3. The van der Waals surface area contributed by atoms with Gasteiger partial charge >= 0.3 is 0 Å². The zero-order chi connectivity index (χ0) is 11.3. The molecule has 1 aromatic heterocycles. The van der Waals surface area contributed by atoms with Gasteiger partial charge in [-0.15, -0.1) is 11.6 Å². The lowest BCUT2D eigenvalue weighted by Crippen LogP contribution is -2.18. The van der Waals surface area contributed by atoms with Gasteiger partial charge in [-0.05, 0) is 12.8 Å². The molecule has 0 aliphatic rings. The molecule has 1 rings (SSSR count). The van der Waals surface area contributed by atoms with Crippen molar-refractivity contribution < 1.29 is 4.92 Å². The summed E-state index contributed by atoms with van der Waals surface area (Å²) >= 11 is 5.49. The highest BCUT2D eigenvalue weighted by Crippen LogP contribution is 2.07. The van der Waals surface area contributed by atoms with E-state index in [1.807, 2.05) is 0 Å². The fraction of sp³-hybridized carbons (Fsp3) is 0.444. The lowest BCUT2D eigenvalue weighted by Gasteiger charge is -2.03. The summed E-state index contributed by atoms with van der Waals surface area (Å²) in [6.45, 7) is 0.466. The van der Waals surface area contributed by atoms with Gasteiger partial charge in [-0.1, -0.05) is 0 Å². The second-order valence-corrected chi connectivity index (χ2v) is 3.45. The topological polar surface area (TPSA) is 65.1 Å². The summed E-state index contributed by atoms with van der Waals surface area (Å²) in [5, 5.41) is 10.5. The van der Waals surface area contributed by atoms with E-state index in [1.165, 1.54) is 22.9 Å². The highest BCUT2D eigenvalue weighted by molar-refractivity contribution is 6.17. The molecule has 6 heteroatoms. The number of halogens is 1. The summed E-state index contributed by atoms with van der Waals surface area (Å²) < 4.78 is 1.34. The van der Waals surface area contributed by atoms with E-state index in [0.717, 1.165) is 12.8 Å².